The number of hydroxylamine groups is 1. The minimum atomic E-state index is 0.0259. The van der Waals surface area contributed by atoms with Crippen LogP contribution >= 0.6 is 0 Å². The van der Waals surface area contributed by atoms with Crippen LogP contribution in [0.15, 0.2) is 24.5 Å². The second-order valence-corrected chi connectivity index (χ2v) is 2.37. The van der Waals surface area contributed by atoms with E-state index in [1.807, 2.05) is 19.1 Å². The summed E-state index contributed by atoms with van der Waals surface area (Å²) in [5.41, 5.74) is 3.30. The minimum Gasteiger partial charge on any atom is -0.316 e. The fourth-order valence-corrected chi connectivity index (χ4v) is 0.997. The second-order valence-electron chi connectivity index (χ2n) is 2.37. The predicted octanol–water partition coefficient (Wildman–Crippen LogP) is 1.51. The molecule has 0 saturated heterocycles. The van der Waals surface area contributed by atoms with Crippen LogP contribution in [0.1, 0.15) is 24.9 Å². The van der Waals surface area contributed by atoms with Crippen molar-refractivity contribution >= 4 is 0 Å². The van der Waals surface area contributed by atoms with Crippen molar-refractivity contribution < 1.29 is 5.21 Å². The third-order valence-electron chi connectivity index (χ3n) is 1.67. The highest BCUT2D eigenvalue weighted by molar-refractivity contribution is 5.13. The number of rotatable bonds is 3. The number of nitrogens with one attached hydrogen (secondary N) is 1. The average molecular weight is 152 g/mol. The van der Waals surface area contributed by atoms with Gasteiger partial charge in [-0.1, -0.05) is 6.92 Å². The SMILES string of the molecule is CCC(NO)c1ccncc1. The number of hydrogen-bond acceptors (Lipinski definition) is 3. The summed E-state index contributed by atoms with van der Waals surface area (Å²) < 4.78 is 0. The molecule has 0 fully saturated rings. The van der Waals surface area contributed by atoms with Gasteiger partial charge in [0.15, 0.2) is 0 Å². The Morgan fingerprint density at radius 1 is 1.55 bits per heavy atom. The molecule has 0 amide bonds. The van der Waals surface area contributed by atoms with Crippen molar-refractivity contribution in [2.24, 2.45) is 0 Å². The minimum absolute atomic E-state index is 0.0259. The highest BCUT2D eigenvalue weighted by Crippen LogP contribution is 2.13. The summed E-state index contributed by atoms with van der Waals surface area (Å²) in [6, 6.07) is 3.80. The third kappa shape index (κ3) is 2.00. The molecule has 1 unspecified atom stereocenters. The van der Waals surface area contributed by atoms with Gasteiger partial charge in [0, 0.05) is 12.4 Å². The van der Waals surface area contributed by atoms with Gasteiger partial charge in [-0.25, -0.2) is 0 Å². The maximum absolute atomic E-state index is 8.71. The molecule has 1 aromatic heterocycles. The van der Waals surface area contributed by atoms with Crippen LogP contribution in [0, 0.1) is 0 Å². The van der Waals surface area contributed by atoms with Crippen molar-refractivity contribution in [2.45, 2.75) is 19.4 Å². The molecule has 3 heteroatoms. The number of hydrogen-bond donors (Lipinski definition) is 2. The first kappa shape index (κ1) is 8.17. The van der Waals surface area contributed by atoms with Gasteiger partial charge in [0.2, 0.25) is 0 Å². The quantitative estimate of drug-likeness (QED) is 0.645. The maximum atomic E-state index is 8.71. The van der Waals surface area contributed by atoms with Gasteiger partial charge in [-0.15, -0.1) is 0 Å². The van der Waals surface area contributed by atoms with E-state index in [0.717, 1.165) is 12.0 Å². The van der Waals surface area contributed by atoms with Crippen LogP contribution in [-0.4, -0.2) is 10.2 Å². The fraction of sp³-hybridized carbons (Fsp3) is 0.375. The van der Waals surface area contributed by atoms with Crippen molar-refractivity contribution in [3.05, 3.63) is 30.1 Å². The van der Waals surface area contributed by atoms with Crippen molar-refractivity contribution in [3.63, 3.8) is 0 Å². The van der Waals surface area contributed by atoms with Crippen molar-refractivity contribution in [2.75, 3.05) is 0 Å². The maximum Gasteiger partial charge on any atom is 0.0567 e. The van der Waals surface area contributed by atoms with E-state index in [1.54, 1.807) is 12.4 Å². The van der Waals surface area contributed by atoms with Crippen LogP contribution < -0.4 is 5.48 Å². The lowest BCUT2D eigenvalue weighted by Crippen LogP contribution is -2.15. The van der Waals surface area contributed by atoms with Gasteiger partial charge < -0.3 is 5.21 Å². The van der Waals surface area contributed by atoms with Crippen LogP contribution in [0.5, 0.6) is 0 Å². The molecule has 1 rings (SSSR count). The number of nitrogens with zero attached hydrogens (tertiary/aromatic N) is 1. The smallest absolute Gasteiger partial charge is 0.0567 e. The van der Waals surface area contributed by atoms with E-state index in [9.17, 15) is 0 Å². The van der Waals surface area contributed by atoms with Crippen LogP contribution in [0.2, 0.25) is 0 Å². The first-order chi connectivity index (χ1) is 5.38. The van der Waals surface area contributed by atoms with Crippen LogP contribution in [0.25, 0.3) is 0 Å². The summed E-state index contributed by atoms with van der Waals surface area (Å²) in [6.07, 6.45) is 4.30. The standard InChI is InChI=1S/C8H12N2O/c1-2-8(10-11)7-3-5-9-6-4-7/h3-6,8,10-11H,2H2,1H3. The molecule has 11 heavy (non-hydrogen) atoms. The van der Waals surface area contributed by atoms with E-state index in [4.69, 9.17) is 5.21 Å². The third-order valence-corrected chi connectivity index (χ3v) is 1.67. The lowest BCUT2D eigenvalue weighted by molar-refractivity contribution is 0.124. The molecule has 1 atom stereocenters. The Kier molecular flexibility index (Phi) is 3.01. The Morgan fingerprint density at radius 2 is 2.18 bits per heavy atom. The molecule has 3 nitrogen and oxygen atoms in total. The summed E-state index contributed by atoms with van der Waals surface area (Å²) in [5.74, 6) is 0. The van der Waals surface area contributed by atoms with E-state index in [-0.39, 0.29) is 6.04 Å². The van der Waals surface area contributed by atoms with Crippen molar-refractivity contribution in [3.8, 4) is 0 Å². The highest BCUT2D eigenvalue weighted by Gasteiger charge is 2.05. The molecule has 60 valence electrons. The Morgan fingerprint density at radius 3 is 2.64 bits per heavy atom. The molecule has 0 aliphatic carbocycles. The summed E-state index contributed by atoms with van der Waals surface area (Å²) >= 11 is 0. The van der Waals surface area contributed by atoms with Gasteiger partial charge >= 0.3 is 0 Å². The van der Waals surface area contributed by atoms with E-state index >= 15 is 0 Å². The van der Waals surface area contributed by atoms with Gasteiger partial charge in [0.05, 0.1) is 6.04 Å². The summed E-state index contributed by atoms with van der Waals surface area (Å²) in [4.78, 5) is 3.89. The van der Waals surface area contributed by atoms with E-state index < -0.39 is 0 Å². The Bertz CT molecular complexity index is 197. The molecule has 1 aromatic rings. The fourth-order valence-electron chi connectivity index (χ4n) is 0.997. The first-order valence-corrected chi connectivity index (χ1v) is 3.68. The molecule has 0 spiro atoms. The number of aromatic nitrogens is 1. The molecule has 2 N–H and O–H groups in total. The van der Waals surface area contributed by atoms with Crippen molar-refractivity contribution in [1.82, 2.24) is 10.5 Å². The lowest BCUT2D eigenvalue weighted by Gasteiger charge is -2.11. The Labute approximate surface area is 66.0 Å². The largest absolute Gasteiger partial charge is 0.316 e. The van der Waals surface area contributed by atoms with Crippen LogP contribution in [0.3, 0.4) is 0 Å². The van der Waals surface area contributed by atoms with Gasteiger partial charge in [0.25, 0.3) is 0 Å². The summed E-state index contributed by atoms with van der Waals surface area (Å²) in [5, 5.41) is 8.71. The van der Waals surface area contributed by atoms with Crippen molar-refractivity contribution in [1.29, 1.82) is 0 Å². The summed E-state index contributed by atoms with van der Waals surface area (Å²) in [7, 11) is 0. The molecule has 0 aliphatic heterocycles. The first-order valence-electron chi connectivity index (χ1n) is 3.68. The second kappa shape index (κ2) is 4.05. The average Bonchev–Trinajstić information content (AvgIpc) is 2.09. The molecule has 0 saturated carbocycles. The van der Waals surface area contributed by atoms with Crippen LogP contribution in [0.4, 0.5) is 0 Å². The molecular weight excluding hydrogens is 140 g/mol. The lowest BCUT2D eigenvalue weighted by atomic mass is 10.1. The molecule has 0 aromatic carbocycles. The van der Waals surface area contributed by atoms with Gasteiger partial charge in [-0.05, 0) is 24.1 Å². The Balaban J connectivity index is 2.74. The van der Waals surface area contributed by atoms with E-state index in [2.05, 4.69) is 10.5 Å². The topological polar surface area (TPSA) is 45.1 Å². The van der Waals surface area contributed by atoms with Gasteiger partial charge in [-0.3, -0.25) is 4.98 Å². The predicted molar refractivity (Wildman–Crippen MR) is 42.2 cm³/mol. The zero-order chi connectivity index (χ0) is 8.10. The molecule has 0 bridgehead atoms. The zero-order valence-corrected chi connectivity index (χ0v) is 6.49. The summed E-state index contributed by atoms with van der Waals surface area (Å²) in [6.45, 7) is 2.01. The zero-order valence-electron chi connectivity index (χ0n) is 6.49. The van der Waals surface area contributed by atoms with Gasteiger partial charge in [-0.2, -0.15) is 5.48 Å². The van der Waals surface area contributed by atoms with Gasteiger partial charge in [0.1, 0.15) is 0 Å². The molecular formula is C8H12N2O. The normalized spacial score (nSPS) is 12.9. The molecule has 0 radical (unpaired) electrons. The van der Waals surface area contributed by atoms with E-state index in [1.165, 1.54) is 0 Å². The molecule has 0 aliphatic rings. The monoisotopic (exact) mass is 152 g/mol. The molecule has 1 heterocycles. The van der Waals surface area contributed by atoms with Crippen LogP contribution in [-0.2, 0) is 0 Å². The highest BCUT2D eigenvalue weighted by atomic mass is 16.5. The number of pyridine rings is 1. The Hall–Kier alpha value is -0.930. The van der Waals surface area contributed by atoms with E-state index in [0.29, 0.717) is 0 Å².